The Morgan fingerprint density at radius 3 is 2.84 bits per heavy atom. The fourth-order valence-corrected chi connectivity index (χ4v) is 4.60. The van der Waals surface area contributed by atoms with Gasteiger partial charge in [-0.25, -0.2) is 4.90 Å². The zero-order valence-corrected chi connectivity index (χ0v) is 15.5. The van der Waals surface area contributed by atoms with E-state index in [2.05, 4.69) is 15.9 Å². The molecule has 3 fully saturated rings. The molecular formula is C18H18BrNO5. The maximum absolute atomic E-state index is 13.1. The fourth-order valence-electron chi connectivity index (χ4n) is 4.35. The van der Waals surface area contributed by atoms with Gasteiger partial charge in [0, 0.05) is 11.4 Å². The van der Waals surface area contributed by atoms with E-state index in [0.29, 0.717) is 18.5 Å². The van der Waals surface area contributed by atoms with Crippen LogP contribution in [0.3, 0.4) is 0 Å². The topological polar surface area (TPSA) is 72.9 Å². The third-order valence-electron chi connectivity index (χ3n) is 5.48. The molecule has 0 N–H and O–H groups in total. The molecule has 3 aliphatic heterocycles. The Morgan fingerprint density at radius 2 is 2.16 bits per heavy atom. The molecule has 4 atom stereocenters. The molecule has 2 amide bonds. The summed E-state index contributed by atoms with van der Waals surface area (Å²) in [6.45, 7) is 3.26. The van der Waals surface area contributed by atoms with Crippen LogP contribution in [0.5, 0.6) is 0 Å². The van der Waals surface area contributed by atoms with Crippen LogP contribution in [0.4, 0.5) is 5.69 Å². The predicted octanol–water partition coefficient (Wildman–Crippen LogP) is 2.36. The van der Waals surface area contributed by atoms with Crippen LogP contribution in [-0.2, 0) is 23.9 Å². The molecule has 3 aliphatic rings. The van der Waals surface area contributed by atoms with Gasteiger partial charge in [0.1, 0.15) is 12.2 Å². The summed E-state index contributed by atoms with van der Waals surface area (Å²) in [5.41, 5.74) is 0.656. The van der Waals surface area contributed by atoms with Gasteiger partial charge in [0.05, 0.1) is 23.6 Å². The van der Waals surface area contributed by atoms with Crippen LogP contribution in [0.15, 0.2) is 22.7 Å². The van der Waals surface area contributed by atoms with Gasteiger partial charge in [-0.1, -0.05) is 15.9 Å². The number of fused-ring (bicyclic) bond motifs is 5. The number of rotatable bonds is 3. The number of imide groups is 1. The minimum Gasteiger partial charge on any atom is -0.463 e. The van der Waals surface area contributed by atoms with E-state index in [9.17, 15) is 14.4 Å². The highest BCUT2D eigenvalue weighted by Gasteiger charge is 2.70. The van der Waals surface area contributed by atoms with Crippen LogP contribution in [-0.4, -0.2) is 36.1 Å². The first-order chi connectivity index (χ1) is 11.8. The highest BCUT2D eigenvalue weighted by atomic mass is 79.9. The molecule has 3 saturated heterocycles. The summed E-state index contributed by atoms with van der Waals surface area (Å²) in [5, 5.41) is 0. The van der Waals surface area contributed by atoms with Gasteiger partial charge in [0.15, 0.2) is 0 Å². The van der Waals surface area contributed by atoms with Crippen molar-refractivity contribution < 1.29 is 23.9 Å². The SMILES string of the molecule is CC(=O)OCC12CCC(O1)[C@@H]1C(=O)N(c3ccc(Br)c(C)c3)C(=O)[C@@H]12. The molecule has 1 aromatic carbocycles. The van der Waals surface area contributed by atoms with Crippen LogP contribution in [0.25, 0.3) is 0 Å². The summed E-state index contributed by atoms with van der Waals surface area (Å²) in [7, 11) is 0. The van der Waals surface area contributed by atoms with Gasteiger partial charge in [0.25, 0.3) is 0 Å². The minimum absolute atomic E-state index is 0.0201. The molecule has 1 aromatic rings. The van der Waals surface area contributed by atoms with Crippen molar-refractivity contribution in [3.63, 3.8) is 0 Å². The van der Waals surface area contributed by atoms with Crippen molar-refractivity contribution in [2.45, 2.75) is 38.4 Å². The van der Waals surface area contributed by atoms with Gasteiger partial charge in [-0.2, -0.15) is 0 Å². The molecule has 7 heteroatoms. The average molecular weight is 408 g/mol. The lowest BCUT2D eigenvalue weighted by atomic mass is 9.73. The first kappa shape index (κ1) is 16.7. The van der Waals surface area contributed by atoms with Gasteiger partial charge in [-0.3, -0.25) is 14.4 Å². The number of hydrogen-bond acceptors (Lipinski definition) is 5. The van der Waals surface area contributed by atoms with Gasteiger partial charge < -0.3 is 9.47 Å². The number of carbonyl (C=O) groups is 3. The van der Waals surface area contributed by atoms with Gasteiger partial charge in [0.2, 0.25) is 11.8 Å². The molecule has 2 unspecified atom stereocenters. The molecule has 0 saturated carbocycles. The number of benzene rings is 1. The van der Waals surface area contributed by atoms with E-state index in [1.807, 2.05) is 19.1 Å². The van der Waals surface area contributed by atoms with Crippen molar-refractivity contribution in [1.82, 2.24) is 0 Å². The number of amides is 2. The molecule has 6 nitrogen and oxygen atoms in total. The largest absolute Gasteiger partial charge is 0.463 e. The summed E-state index contributed by atoms with van der Waals surface area (Å²) in [5.74, 6) is -1.96. The van der Waals surface area contributed by atoms with Crippen molar-refractivity contribution >= 4 is 39.4 Å². The lowest BCUT2D eigenvalue weighted by Gasteiger charge is -2.30. The van der Waals surface area contributed by atoms with Crippen LogP contribution < -0.4 is 4.90 Å². The van der Waals surface area contributed by atoms with Crippen molar-refractivity contribution in [2.75, 3.05) is 11.5 Å². The van der Waals surface area contributed by atoms with E-state index >= 15 is 0 Å². The number of halogens is 1. The molecule has 0 aromatic heterocycles. The molecule has 3 heterocycles. The summed E-state index contributed by atoms with van der Waals surface area (Å²) in [6.07, 6.45) is 1.05. The minimum atomic E-state index is -0.868. The van der Waals surface area contributed by atoms with Gasteiger partial charge in [-0.15, -0.1) is 0 Å². The number of anilines is 1. The molecule has 25 heavy (non-hydrogen) atoms. The fraction of sp³-hybridized carbons (Fsp3) is 0.500. The number of ether oxygens (including phenoxy) is 2. The zero-order chi connectivity index (χ0) is 17.9. The standard InChI is InChI=1S/C18H18BrNO5/c1-9-7-11(3-4-12(9)19)20-16(22)14-13-5-6-18(25-13,8-24-10(2)21)15(14)17(20)23/h3-4,7,13-15H,5-6,8H2,1-2H3/t13?,14-,15+,18?/m0/s1. The second-order valence-electron chi connectivity index (χ2n) is 6.99. The Hall–Kier alpha value is -1.73. The number of hydrogen-bond donors (Lipinski definition) is 0. The second-order valence-corrected chi connectivity index (χ2v) is 7.84. The van der Waals surface area contributed by atoms with Crippen LogP contribution in [0, 0.1) is 18.8 Å². The average Bonchev–Trinajstić information content (AvgIpc) is 3.20. The summed E-state index contributed by atoms with van der Waals surface area (Å²) >= 11 is 3.43. The van der Waals surface area contributed by atoms with Crippen LogP contribution in [0.2, 0.25) is 0 Å². The Balaban J connectivity index is 1.69. The zero-order valence-electron chi connectivity index (χ0n) is 14.0. The number of esters is 1. The third-order valence-corrected chi connectivity index (χ3v) is 6.37. The third kappa shape index (κ3) is 2.36. The number of carbonyl (C=O) groups excluding carboxylic acids is 3. The first-order valence-corrected chi connectivity index (χ1v) is 9.08. The monoisotopic (exact) mass is 407 g/mol. The Bertz CT molecular complexity index is 794. The van der Waals surface area contributed by atoms with E-state index in [4.69, 9.17) is 9.47 Å². The summed E-state index contributed by atoms with van der Waals surface area (Å²) in [4.78, 5) is 38.6. The maximum Gasteiger partial charge on any atom is 0.302 e. The molecule has 0 radical (unpaired) electrons. The van der Waals surface area contributed by atoms with Gasteiger partial charge in [-0.05, 0) is 43.5 Å². The highest BCUT2D eigenvalue weighted by Crippen LogP contribution is 2.56. The lowest BCUT2D eigenvalue weighted by Crippen LogP contribution is -2.45. The summed E-state index contributed by atoms with van der Waals surface area (Å²) in [6, 6.07) is 5.41. The number of nitrogens with zero attached hydrogens (tertiary/aromatic N) is 1. The van der Waals surface area contributed by atoms with E-state index in [-0.39, 0.29) is 24.5 Å². The van der Waals surface area contributed by atoms with Crippen molar-refractivity contribution in [3.8, 4) is 0 Å². The van der Waals surface area contributed by atoms with Crippen molar-refractivity contribution in [3.05, 3.63) is 28.2 Å². The molecule has 0 spiro atoms. The van der Waals surface area contributed by atoms with Crippen molar-refractivity contribution in [2.24, 2.45) is 11.8 Å². The smallest absolute Gasteiger partial charge is 0.302 e. The molecule has 4 rings (SSSR count). The van der Waals surface area contributed by atoms with Crippen molar-refractivity contribution in [1.29, 1.82) is 0 Å². The number of aryl methyl sites for hydroxylation is 1. The molecule has 132 valence electrons. The lowest BCUT2D eigenvalue weighted by molar-refractivity contribution is -0.153. The molecule has 0 aliphatic carbocycles. The summed E-state index contributed by atoms with van der Waals surface area (Å²) < 4.78 is 12.1. The van der Waals surface area contributed by atoms with Crippen LogP contribution >= 0.6 is 15.9 Å². The highest BCUT2D eigenvalue weighted by molar-refractivity contribution is 9.10. The van der Waals surface area contributed by atoms with E-state index < -0.39 is 23.4 Å². The predicted molar refractivity (Wildman–Crippen MR) is 91.8 cm³/mol. The first-order valence-electron chi connectivity index (χ1n) is 8.29. The maximum atomic E-state index is 13.1. The normalized spacial score (nSPS) is 33.1. The second kappa shape index (κ2) is 5.64. The Labute approximate surface area is 153 Å². The molecular weight excluding hydrogens is 390 g/mol. The molecule has 2 bridgehead atoms. The van der Waals surface area contributed by atoms with Crippen LogP contribution in [0.1, 0.15) is 25.3 Å². The quantitative estimate of drug-likeness (QED) is 0.567. The van der Waals surface area contributed by atoms with E-state index in [0.717, 1.165) is 10.0 Å². The van der Waals surface area contributed by atoms with Gasteiger partial charge >= 0.3 is 5.97 Å². The Morgan fingerprint density at radius 1 is 1.40 bits per heavy atom. The van der Waals surface area contributed by atoms with E-state index in [1.165, 1.54) is 11.8 Å². The Kier molecular flexibility index (Phi) is 3.77. The van der Waals surface area contributed by atoms with E-state index in [1.54, 1.807) is 6.07 Å².